The van der Waals surface area contributed by atoms with Gasteiger partial charge in [-0.2, -0.15) is 0 Å². The molecule has 0 bridgehead atoms. The maximum atomic E-state index is 12.2. The summed E-state index contributed by atoms with van der Waals surface area (Å²) < 4.78 is 10.2. The molecule has 0 aromatic heterocycles. The first-order valence-corrected chi connectivity index (χ1v) is 8.18. The minimum absolute atomic E-state index is 0.0158. The Morgan fingerprint density at radius 2 is 1.85 bits per heavy atom. The van der Waals surface area contributed by atoms with E-state index in [2.05, 4.69) is 5.32 Å². The highest BCUT2D eigenvalue weighted by Crippen LogP contribution is 2.20. The Morgan fingerprint density at radius 1 is 1.19 bits per heavy atom. The van der Waals surface area contributed by atoms with Crippen LogP contribution in [-0.2, 0) is 16.1 Å². The molecule has 0 spiro atoms. The third kappa shape index (κ3) is 5.27. The average Bonchev–Trinajstić information content (AvgIpc) is 2.66. The van der Waals surface area contributed by atoms with Gasteiger partial charge in [0.25, 0.3) is 11.6 Å². The number of benzene rings is 2. The van der Waals surface area contributed by atoms with Gasteiger partial charge in [0.1, 0.15) is 5.75 Å². The van der Waals surface area contributed by atoms with Gasteiger partial charge in [0, 0.05) is 18.2 Å². The molecule has 0 aliphatic heterocycles. The molecule has 0 unspecified atom stereocenters. The quantitative estimate of drug-likeness (QED) is 0.455. The fraction of sp³-hybridized carbons (Fsp3) is 0.263. The summed E-state index contributed by atoms with van der Waals surface area (Å²) in [5.41, 5.74) is 1.13. The molecule has 8 nitrogen and oxygen atoms in total. The van der Waals surface area contributed by atoms with E-state index >= 15 is 0 Å². The molecule has 8 heteroatoms. The molecule has 1 amide bonds. The predicted molar refractivity (Wildman–Crippen MR) is 97.6 cm³/mol. The molecule has 2 aromatic carbocycles. The van der Waals surface area contributed by atoms with Gasteiger partial charge in [-0.05, 0) is 37.6 Å². The molecule has 0 heterocycles. The second-order valence-electron chi connectivity index (χ2n) is 5.87. The number of amides is 1. The first-order chi connectivity index (χ1) is 12.8. The van der Waals surface area contributed by atoms with Crippen molar-refractivity contribution in [1.29, 1.82) is 0 Å². The normalized spacial score (nSPS) is 11.4. The highest BCUT2D eigenvalue weighted by Gasteiger charge is 2.21. The summed E-state index contributed by atoms with van der Waals surface area (Å²) in [7, 11) is 1.56. The lowest BCUT2D eigenvalue weighted by Gasteiger charge is -2.14. The fourth-order valence-corrected chi connectivity index (χ4v) is 2.29. The van der Waals surface area contributed by atoms with Crippen LogP contribution >= 0.6 is 0 Å². The van der Waals surface area contributed by atoms with Crippen LogP contribution in [-0.4, -0.2) is 30.0 Å². The third-order valence-electron chi connectivity index (χ3n) is 3.92. The van der Waals surface area contributed by atoms with Crippen molar-refractivity contribution in [3.63, 3.8) is 0 Å². The molecule has 2 rings (SSSR count). The Kier molecular flexibility index (Phi) is 6.48. The molecule has 0 saturated carbocycles. The summed E-state index contributed by atoms with van der Waals surface area (Å²) in [6, 6.07) is 11.2. The van der Waals surface area contributed by atoms with Crippen LogP contribution in [0.15, 0.2) is 42.5 Å². The number of nitrogens with one attached hydrogen (secondary N) is 1. The van der Waals surface area contributed by atoms with E-state index in [9.17, 15) is 19.7 Å². The van der Waals surface area contributed by atoms with Gasteiger partial charge in [-0.1, -0.05) is 18.2 Å². The largest absolute Gasteiger partial charge is 0.497 e. The van der Waals surface area contributed by atoms with Crippen LogP contribution in [0.1, 0.15) is 28.4 Å². The molecule has 0 saturated heterocycles. The Hall–Kier alpha value is -3.42. The summed E-state index contributed by atoms with van der Waals surface area (Å²) >= 11 is 0. The second-order valence-corrected chi connectivity index (χ2v) is 5.87. The maximum Gasteiger partial charge on any atom is 0.339 e. The van der Waals surface area contributed by atoms with Crippen LogP contribution in [0.4, 0.5) is 5.69 Å². The Labute approximate surface area is 156 Å². The summed E-state index contributed by atoms with van der Waals surface area (Å²) in [4.78, 5) is 34.7. The lowest BCUT2D eigenvalue weighted by Crippen LogP contribution is -2.35. The third-order valence-corrected chi connectivity index (χ3v) is 3.92. The zero-order valence-corrected chi connectivity index (χ0v) is 15.2. The topological polar surface area (TPSA) is 108 Å². The molecule has 0 aliphatic carbocycles. The SMILES string of the molecule is COc1ccc(CNC(=O)[C@@H](C)OC(=O)c2ccc(C)c([N+](=O)[O-])c2)cc1. The van der Waals surface area contributed by atoms with Gasteiger partial charge in [0.2, 0.25) is 0 Å². The molecule has 0 aliphatic rings. The monoisotopic (exact) mass is 372 g/mol. The van der Waals surface area contributed by atoms with E-state index in [0.29, 0.717) is 11.3 Å². The molecule has 1 N–H and O–H groups in total. The van der Waals surface area contributed by atoms with Crippen LogP contribution in [0.2, 0.25) is 0 Å². The Balaban J connectivity index is 1.94. The molecular weight excluding hydrogens is 352 g/mol. The smallest absolute Gasteiger partial charge is 0.339 e. The first kappa shape index (κ1) is 19.9. The van der Waals surface area contributed by atoms with Crippen molar-refractivity contribution in [2.24, 2.45) is 0 Å². The van der Waals surface area contributed by atoms with E-state index in [-0.39, 0.29) is 17.8 Å². The van der Waals surface area contributed by atoms with Gasteiger partial charge < -0.3 is 14.8 Å². The number of carbonyl (C=O) groups is 2. The van der Waals surface area contributed by atoms with Gasteiger partial charge in [0.05, 0.1) is 17.6 Å². The molecule has 142 valence electrons. The summed E-state index contributed by atoms with van der Waals surface area (Å²) in [6.45, 7) is 3.27. The van der Waals surface area contributed by atoms with Gasteiger partial charge >= 0.3 is 5.97 Å². The second kappa shape index (κ2) is 8.79. The van der Waals surface area contributed by atoms with Crippen molar-refractivity contribution in [3.8, 4) is 5.75 Å². The van der Waals surface area contributed by atoms with Crippen molar-refractivity contribution >= 4 is 17.6 Å². The lowest BCUT2D eigenvalue weighted by molar-refractivity contribution is -0.385. The summed E-state index contributed by atoms with van der Waals surface area (Å²) in [5.74, 6) is -0.564. The average molecular weight is 372 g/mol. The van der Waals surface area contributed by atoms with E-state index < -0.39 is 22.9 Å². The molecule has 2 aromatic rings. The van der Waals surface area contributed by atoms with Crippen LogP contribution in [0.5, 0.6) is 5.75 Å². The van der Waals surface area contributed by atoms with Crippen molar-refractivity contribution in [2.75, 3.05) is 7.11 Å². The fourth-order valence-electron chi connectivity index (χ4n) is 2.29. The van der Waals surface area contributed by atoms with Crippen molar-refractivity contribution in [1.82, 2.24) is 5.32 Å². The van der Waals surface area contributed by atoms with Crippen molar-refractivity contribution in [3.05, 3.63) is 69.3 Å². The molecule has 27 heavy (non-hydrogen) atoms. The number of nitro benzene ring substituents is 1. The number of hydrogen-bond donors (Lipinski definition) is 1. The van der Waals surface area contributed by atoms with Crippen LogP contribution in [0.25, 0.3) is 0 Å². The standard InChI is InChI=1S/C19H20N2O6/c1-12-4-7-15(10-17(12)21(24)25)19(23)27-13(2)18(22)20-11-14-5-8-16(26-3)9-6-14/h4-10,13H,11H2,1-3H3,(H,20,22)/t13-/m1/s1. The van der Waals surface area contributed by atoms with Crippen molar-refractivity contribution in [2.45, 2.75) is 26.5 Å². The minimum Gasteiger partial charge on any atom is -0.497 e. The zero-order valence-electron chi connectivity index (χ0n) is 15.2. The van der Waals surface area contributed by atoms with E-state index in [1.54, 1.807) is 38.3 Å². The molecule has 0 radical (unpaired) electrons. The minimum atomic E-state index is -1.05. The Morgan fingerprint density at radius 3 is 2.44 bits per heavy atom. The van der Waals surface area contributed by atoms with Gasteiger partial charge in [-0.3, -0.25) is 14.9 Å². The first-order valence-electron chi connectivity index (χ1n) is 8.18. The summed E-state index contributed by atoms with van der Waals surface area (Å²) in [5, 5.41) is 13.6. The number of methoxy groups -OCH3 is 1. The zero-order chi connectivity index (χ0) is 20.0. The van der Waals surface area contributed by atoms with Crippen LogP contribution in [0, 0.1) is 17.0 Å². The number of rotatable bonds is 7. The van der Waals surface area contributed by atoms with Crippen molar-refractivity contribution < 1.29 is 24.0 Å². The number of nitro groups is 1. The number of carbonyl (C=O) groups excluding carboxylic acids is 2. The van der Waals surface area contributed by atoms with E-state index in [0.717, 1.165) is 11.6 Å². The molecule has 0 fully saturated rings. The molecular formula is C19H20N2O6. The number of esters is 1. The van der Waals surface area contributed by atoms with Gasteiger partial charge in [0.15, 0.2) is 6.10 Å². The number of ether oxygens (including phenoxy) is 2. The highest BCUT2D eigenvalue weighted by atomic mass is 16.6. The number of aryl methyl sites for hydroxylation is 1. The predicted octanol–water partition coefficient (Wildman–Crippen LogP) is 2.77. The van der Waals surface area contributed by atoms with Crippen LogP contribution < -0.4 is 10.1 Å². The Bertz CT molecular complexity index is 848. The number of nitrogens with zero attached hydrogens (tertiary/aromatic N) is 1. The van der Waals surface area contributed by atoms with E-state index in [1.165, 1.54) is 19.1 Å². The highest BCUT2D eigenvalue weighted by molar-refractivity contribution is 5.92. The van der Waals surface area contributed by atoms with Crippen LogP contribution in [0.3, 0.4) is 0 Å². The van der Waals surface area contributed by atoms with Gasteiger partial charge in [-0.25, -0.2) is 4.79 Å². The maximum absolute atomic E-state index is 12.2. The van der Waals surface area contributed by atoms with E-state index in [1.807, 2.05) is 0 Å². The molecule has 1 atom stereocenters. The van der Waals surface area contributed by atoms with E-state index in [4.69, 9.17) is 9.47 Å². The lowest BCUT2D eigenvalue weighted by atomic mass is 10.1. The summed E-state index contributed by atoms with van der Waals surface area (Å²) in [6.07, 6.45) is -1.05. The number of hydrogen-bond acceptors (Lipinski definition) is 6. The van der Waals surface area contributed by atoms with Gasteiger partial charge in [-0.15, -0.1) is 0 Å².